The van der Waals surface area contributed by atoms with Crippen molar-refractivity contribution in [3.8, 4) is 0 Å². The number of hydrogen-bond donors (Lipinski definition) is 1. The van der Waals surface area contributed by atoms with Crippen LogP contribution in [0, 0.1) is 0 Å². The number of aromatic nitrogens is 1. The first-order chi connectivity index (χ1) is 8.16. The van der Waals surface area contributed by atoms with Crippen molar-refractivity contribution in [2.45, 2.75) is 23.2 Å². The molecule has 2 heterocycles. The Morgan fingerprint density at radius 3 is 2.76 bits per heavy atom. The maximum absolute atomic E-state index is 6.05. The third kappa shape index (κ3) is 3.55. The van der Waals surface area contributed by atoms with E-state index in [2.05, 4.69) is 38.4 Å². The van der Waals surface area contributed by atoms with Crippen LogP contribution in [0.2, 0.25) is 0 Å². The summed E-state index contributed by atoms with van der Waals surface area (Å²) in [6, 6.07) is 8.30. The van der Waals surface area contributed by atoms with E-state index in [0.29, 0.717) is 0 Å². The Morgan fingerprint density at radius 2 is 2.24 bits per heavy atom. The lowest BCUT2D eigenvalue weighted by atomic mass is 10.2. The van der Waals surface area contributed by atoms with Crippen LogP contribution in [0.15, 0.2) is 45.3 Å². The third-order valence-corrected chi connectivity index (χ3v) is 5.24. The molecule has 0 radical (unpaired) electrons. The van der Waals surface area contributed by atoms with Gasteiger partial charge in [0.1, 0.15) is 0 Å². The average molecular weight is 329 g/mol. The van der Waals surface area contributed by atoms with Crippen LogP contribution in [0.3, 0.4) is 0 Å². The molecule has 2 nitrogen and oxygen atoms in total. The van der Waals surface area contributed by atoms with Gasteiger partial charge in [0.15, 0.2) is 0 Å². The monoisotopic (exact) mass is 328 g/mol. The van der Waals surface area contributed by atoms with Crippen molar-refractivity contribution in [2.75, 3.05) is 0 Å². The third-order valence-electron chi connectivity index (χ3n) is 2.25. The fourth-order valence-electron chi connectivity index (χ4n) is 1.44. The second-order valence-corrected chi connectivity index (χ2v) is 6.78. The van der Waals surface area contributed by atoms with Crippen LogP contribution in [0.1, 0.15) is 17.1 Å². The molecular weight excluding hydrogens is 316 g/mol. The first kappa shape index (κ1) is 13.1. The second kappa shape index (κ2) is 6.00. The van der Waals surface area contributed by atoms with Crippen LogP contribution in [-0.4, -0.2) is 11.0 Å². The molecule has 2 atom stereocenters. The van der Waals surface area contributed by atoms with Gasteiger partial charge in [-0.25, -0.2) is 4.98 Å². The van der Waals surface area contributed by atoms with Crippen LogP contribution in [-0.2, 0) is 0 Å². The van der Waals surface area contributed by atoms with E-state index in [1.54, 1.807) is 23.1 Å². The van der Waals surface area contributed by atoms with Gasteiger partial charge in [0.2, 0.25) is 0 Å². The van der Waals surface area contributed by atoms with Gasteiger partial charge in [0.05, 0.1) is 10.3 Å². The summed E-state index contributed by atoms with van der Waals surface area (Å²) in [5.41, 5.74) is 6.05. The van der Waals surface area contributed by atoms with Crippen LogP contribution in [0.4, 0.5) is 0 Å². The summed E-state index contributed by atoms with van der Waals surface area (Å²) < 4.78 is 0.996. The second-order valence-electron chi connectivity index (χ2n) is 3.73. The first-order valence-electron chi connectivity index (χ1n) is 5.24. The minimum Gasteiger partial charge on any atom is -0.327 e. The normalized spacial score (nSPS) is 14.5. The summed E-state index contributed by atoms with van der Waals surface area (Å²) in [6.07, 6.45) is 1.81. The van der Waals surface area contributed by atoms with Crippen molar-refractivity contribution in [3.63, 3.8) is 0 Å². The van der Waals surface area contributed by atoms with Gasteiger partial charge >= 0.3 is 0 Å². The highest BCUT2D eigenvalue weighted by Gasteiger charge is 2.19. The molecule has 0 aliphatic rings. The van der Waals surface area contributed by atoms with Crippen molar-refractivity contribution in [1.29, 1.82) is 0 Å². The van der Waals surface area contributed by atoms with Gasteiger partial charge in [0, 0.05) is 21.6 Å². The molecule has 0 saturated heterocycles. The molecule has 5 heteroatoms. The van der Waals surface area contributed by atoms with Crippen molar-refractivity contribution in [2.24, 2.45) is 5.73 Å². The summed E-state index contributed by atoms with van der Waals surface area (Å²) in [7, 11) is 0. The lowest BCUT2D eigenvalue weighted by molar-refractivity contribution is 0.728. The van der Waals surface area contributed by atoms with Crippen molar-refractivity contribution in [1.82, 2.24) is 4.98 Å². The van der Waals surface area contributed by atoms with Crippen molar-refractivity contribution < 1.29 is 0 Å². The molecule has 0 saturated carbocycles. The Hall–Kier alpha value is -0.360. The van der Waals surface area contributed by atoms with Crippen LogP contribution >= 0.6 is 39.0 Å². The Morgan fingerprint density at radius 1 is 1.41 bits per heavy atom. The molecule has 0 bridgehead atoms. The van der Waals surface area contributed by atoms with Gasteiger partial charge in [-0.05, 0) is 46.4 Å². The van der Waals surface area contributed by atoms with Gasteiger partial charge < -0.3 is 5.73 Å². The zero-order chi connectivity index (χ0) is 12.3. The van der Waals surface area contributed by atoms with Crippen LogP contribution < -0.4 is 5.73 Å². The molecule has 2 unspecified atom stereocenters. The van der Waals surface area contributed by atoms with Crippen LogP contribution in [0.5, 0.6) is 0 Å². The summed E-state index contributed by atoms with van der Waals surface area (Å²) in [5.74, 6) is 0. The standard InChI is InChI=1S/C12H13BrN2S2/c1-8(14)12(10-3-2-6-16-10)17-11-5-4-9(13)7-15-11/h2-8,12H,14H2,1H3. The Balaban J connectivity index is 2.16. The molecule has 90 valence electrons. The molecule has 2 aromatic rings. The number of thioether (sulfide) groups is 1. The fraction of sp³-hybridized carbons (Fsp3) is 0.250. The number of pyridine rings is 1. The van der Waals surface area contributed by atoms with E-state index in [1.165, 1.54) is 4.88 Å². The molecule has 17 heavy (non-hydrogen) atoms. The molecule has 2 rings (SSSR count). The minimum atomic E-state index is 0.101. The number of thiophene rings is 1. The maximum Gasteiger partial charge on any atom is 0.0967 e. The fourth-order valence-corrected chi connectivity index (χ4v) is 3.74. The molecule has 0 aliphatic carbocycles. The topological polar surface area (TPSA) is 38.9 Å². The van der Waals surface area contributed by atoms with E-state index in [4.69, 9.17) is 5.73 Å². The Kier molecular flexibility index (Phi) is 4.62. The first-order valence-corrected chi connectivity index (χ1v) is 7.79. The van der Waals surface area contributed by atoms with Crippen LogP contribution in [0.25, 0.3) is 0 Å². The lowest BCUT2D eigenvalue weighted by Gasteiger charge is -2.18. The predicted molar refractivity (Wildman–Crippen MR) is 78.5 cm³/mol. The Labute approximate surface area is 118 Å². The summed E-state index contributed by atoms with van der Waals surface area (Å²) in [6.45, 7) is 2.04. The molecule has 0 aliphatic heterocycles. The van der Waals surface area contributed by atoms with Gasteiger partial charge in [-0.2, -0.15) is 0 Å². The number of nitrogens with zero attached hydrogens (tertiary/aromatic N) is 1. The largest absolute Gasteiger partial charge is 0.327 e. The predicted octanol–water partition coefficient (Wildman–Crippen LogP) is 4.09. The minimum absolute atomic E-state index is 0.101. The zero-order valence-corrected chi connectivity index (χ0v) is 12.6. The number of hydrogen-bond acceptors (Lipinski definition) is 4. The highest BCUT2D eigenvalue weighted by molar-refractivity contribution is 9.10. The smallest absolute Gasteiger partial charge is 0.0967 e. The summed E-state index contributed by atoms with van der Waals surface area (Å²) in [4.78, 5) is 5.68. The van der Waals surface area contributed by atoms with Gasteiger partial charge in [-0.3, -0.25) is 0 Å². The van der Waals surface area contributed by atoms with E-state index in [-0.39, 0.29) is 11.3 Å². The molecular formula is C12H13BrN2S2. The van der Waals surface area contributed by atoms with Gasteiger partial charge in [-0.15, -0.1) is 11.3 Å². The molecule has 2 aromatic heterocycles. The highest BCUT2D eigenvalue weighted by Crippen LogP contribution is 2.38. The highest BCUT2D eigenvalue weighted by atomic mass is 79.9. The molecule has 0 aromatic carbocycles. The summed E-state index contributed by atoms with van der Waals surface area (Å²) >= 11 is 6.85. The van der Waals surface area contributed by atoms with Gasteiger partial charge in [0.25, 0.3) is 0 Å². The molecule has 0 spiro atoms. The molecule has 2 N–H and O–H groups in total. The zero-order valence-electron chi connectivity index (χ0n) is 9.34. The van der Waals surface area contributed by atoms with Crippen molar-refractivity contribution >= 4 is 39.0 Å². The average Bonchev–Trinajstić information content (AvgIpc) is 2.81. The molecule has 0 fully saturated rings. The quantitative estimate of drug-likeness (QED) is 0.859. The Bertz CT molecular complexity index is 454. The lowest BCUT2D eigenvalue weighted by Crippen LogP contribution is -2.21. The number of nitrogens with two attached hydrogens (primary N) is 1. The van der Waals surface area contributed by atoms with Gasteiger partial charge in [-0.1, -0.05) is 17.8 Å². The SMILES string of the molecule is CC(N)C(Sc1ccc(Br)cn1)c1cccs1. The maximum atomic E-state index is 6.05. The number of rotatable bonds is 4. The van der Waals surface area contributed by atoms with E-state index >= 15 is 0 Å². The van der Waals surface area contributed by atoms with E-state index in [0.717, 1.165) is 9.50 Å². The van der Waals surface area contributed by atoms with E-state index in [1.807, 2.05) is 25.3 Å². The van der Waals surface area contributed by atoms with E-state index < -0.39 is 0 Å². The summed E-state index contributed by atoms with van der Waals surface area (Å²) in [5, 5.41) is 3.35. The molecule has 0 amide bonds. The van der Waals surface area contributed by atoms with Crippen molar-refractivity contribution in [3.05, 3.63) is 45.2 Å². The number of halogens is 1. The van der Waals surface area contributed by atoms with E-state index in [9.17, 15) is 0 Å².